The second-order valence-electron chi connectivity index (χ2n) is 5.10. The van der Waals surface area contributed by atoms with Crippen molar-refractivity contribution in [2.45, 2.75) is 51.1 Å². The number of fused-ring (bicyclic) bond motifs is 1. The molecule has 0 saturated carbocycles. The summed E-state index contributed by atoms with van der Waals surface area (Å²) in [5.74, 6) is 0. The lowest BCUT2D eigenvalue weighted by atomic mass is 9.83. The Morgan fingerprint density at radius 1 is 1.38 bits per heavy atom. The number of hydrogen-bond donors (Lipinski definition) is 0. The number of piperidine rings is 1. The monoisotopic (exact) mass is 221 g/mol. The average molecular weight is 221 g/mol. The highest BCUT2D eigenvalue weighted by molar-refractivity contribution is 5.13. The Morgan fingerprint density at radius 3 is 2.75 bits per heavy atom. The molecule has 0 radical (unpaired) electrons. The number of hydrogen-bond acceptors (Lipinski definition) is 3. The standard InChI is InChI=1S/C13H23N3/c1-3-16(4-2)13(11-14)7-9-15-8-5-6-12(15)10-13/h12H,3-10H2,1-2H3. The Morgan fingerprint density at radius 2 is 2.12 bits per heavy atom. The van der Waals surface area contributed by atoms with Crippen LogP contribution in [0.1, 0.15) is 39.5 Å². The van der Waals surface area contributed by atoms with Crippen LogP contribution in [-0.2, 0) is 0 Å². The summed E-state index contributed by atoms with van der Waals surface area (Å²) in [5.41, 5.74) is -0.172. The van der Waals surface area contributed by atoms with Gasteiger partial charge in [0.25, 0.3) is 0 Å². The molecule has 0 spiro atoms. The van der Waals surface area contributed by atoms with Gasteiger partial charge in [-0.2, -0.15) is 5.26 Å². The number of nitriles is 1. The zero-order chi connectivity index (χ0) is 11.6. The van der Waals surface area contributed by atoms with Gasteiger partial charge in [-0.1, -0.05) is 13.8 Å². The van der Waals surface area contributed by atoms with Crippen molar-refractivity contribution >= 4 is 0 Å². The van der Waals surface area contributed by atoms with E-state index in [1.54, 1.807) is 0 Å². The van der Waals surface area contributed by atoms with Crippen molar-refractivity contribution in [3.05, 3.63) is 0 Å². The zero-order valence-electron chi connectivity index (χ0n) is 10.6. The summed E-state index contributed by atoms with van der Waals surface area (Å²) in [7, 11) is 0. The Bertz CT molecular complexity index is 279. The van der Waals surface area contributed by atoms with Crippen LogP contribution in [0.4, 0.5) is 0 Å². The smallest absolute Gasteiger partial charge is 0.111 e. The van der Waals surface area contributed by atoms with Gasteiger partial charge >= 0.3 is 0 Å². The van der Waals surface area contributed by atoms with E-state index in [1.807, 2.05) is 0 Å². The van der Waals surface area contributed by atoms with Gasteiger partial charge in [0.05, 0.1) is 6.07 Å². The Balaban J connectivity index is 2.13. The predicted molar refractivity (Wildman–Crippen MR) is 65.1 cm³/mol. The maximum atomic E-state index is 9.58. The third kappa shape index (κ3) is 1.85. The molecule has 3 nitrogen and oxygen atoms in total. The highest BCUT2D eigenvalue weighted by Gasteiger charge is 2.44. The molecule has 2 aliphatic rings. The molecule has 0 aromatic carbocycles. The summed E-state index contributed by atoms with van der Waals surface area (Å²) >= 11 is 0. The van der Waals surface area contributed by atoms with E-state index in [1.165, 1.54) is 19.4 Å². The highest BCUT2D eigenvalue weighted by atomic mass is 15.3. The molecule has 2 rings (SSSR count). The highest BCUT2D eigenvalue weighted by Crippen LogP contribution is 2.36. The molecule has 0 aromatic rings. The van der Waals surface area contributed by atoms with Gasteiger partial charge < -0.3 is 4.90 Å². The molecule has 0 bridgehead atoms. The summed E-state index contributed by atoms with van der Waals surface area (Å²) in [6, 6.07) is 3.31. The van der Waals surface area contributed by atoms with Gasteiger partial charge in [-0.15, -0.1) is 0 Å². The molecule has 0 N–H and O–H groups in total. The lowest BCUT2D eigenvalue weighted by Crippen LogP contribution is -2.56. The molecule has 16 heavy (non-hydrogen) atoms. The Labute approximate surface area is 99.0 Å². The molecule has 0 aromatic heterocycles. The summed E-state index contributed by atoms with van der Waals surface area (Å²) in [6.07, 6.45) is 4.71. The molecular formula is C13H23N3. The molecular weight excluding hydrogens is 198 g/mol. The van der Waals surface area contributed by atoms with Crippen LogP contribution in [0.15, 0.2) is 0 Å². The summed E-state index contributed by atoms with van der Waals surface area (Å²) < 4.78 is 0. The topological polar surface area (TPSA) is 30.3 Å². The Kier molecular flexibility index (Phi) is 3.51. The molecule has 2 saturated heterocycles. The van der Waals surface area contributed by atoms with E-state index in [2.05, 4.69) is 29.7 Å². The molecule has 2 atom stereocenters. The fourth-order valence-corrected chi connectivity index (χ4v) is 3.53. The van der Waals surface area contributed by atoms with Crippen LogP contribution in [0.2, 0.25) is 0 Å². The molecule has 2 unspecified atom stereocenters. The van der Waals surface area contributed by atoms with Crippen molar-refractivity contribution in [2.75, 3.05) is 26.2 Å². The summed E-state index contributed by atoms with van der Waals surface area (Å²) in [5, 5.41) is 9.58. The van der Waals surface area contributed by atoms with E-state index in [4.69, 9.17) is 0 Å². The molecule has 90 valence electrons. The fraction of sp³-hybridized carbons (Fsp3) is 0.923. The largest absolute Gasteiger partial charge is 0.300 e. The Hall–Kier alpha value is -0.590. The van der Waals surface area contributed by atoms with Crippen LogP contribution in [0.25, 0.3) is 0 Å². The van der Waals surface area contributed by atoms with Gasteiger partial charge in [0, 0.05) is 12.6 Å². The van der Waals surface area contributed by atoms with Crippen LogP contribution in [0, 0.1) is 11.3 Å². The van der Waals surface area contributed by atoms with Crippen LogP contribution in [0.5, 0.6) is 0 Å². The normalized spacial score (nSPS) is 35.0. The van der Waals surface area contributed by atoms with Crippen LogP contribution < -0.4 is 0 Å². The molecule has 2 heterocycles. The SMILES string of the molecule is CCN(CC)C1(C#N)CCN2CCCC2C1. The van der Waals surface area contributed by atoms with Gasteiger partial charge in [0.1, 0.15) is 5.54 Å². The third-order valence-electron chi connectivity index (χ3n) is 4.46. The lowest BCUT2D eigenvalue weighted by Gasteiger charge is -2.45. The molecule has 2 aliphatic heterocycles. The molecule has 0 aliphatic carbocycles. The lowest BCUT2D eigenvalue weighted by molar-refractivity contribution is 0.0491. The minimum absolute atomic E-state index is 0.172. The van der Waals surface area contributed by atoms with E-state index < -0.39 is 0 Å². The number of nitrogens with zero attached hydrogens (tertiary/aromatic N) is 3. The van der Waals surface area contributed by atoms with Crippen LogP contribution in [-0.4, -0.2) is 47.6 Å². The van der Waals surface area contributed by atoms with Crippen molar-refractivity contribution in [3.8, 4) is 6.07 Å². The molecule has 3 heteroatoms. The van der Waals surface area contributed by atoms with Crippen molar-refractivity contribution < 1.29 is 0 Å². The third-order valence-corrected chi connectivity index (χ3v) is 4.46. The van der Waals surface area contributed by atoms with Gasteiger partial charge in [-0.25, -0.2) is 0 Å². The first-order valence-electron chi connectivity index (χ1n) is 6.66. The predicted octanol–water partition coefficient (Wildman–Crippen LogP) is 1.85. The molecule has 0 amide bonds. The van der Waals surface area contributed by atoms with E-state index in [0.29, 0.717) is 6.04 Å². The van der Waals surface area contributed by atoms with Gasteiger partial charge in [-0.05, 0) is 45.3 Å². The average Bonchev–Trinajstić information content (AvgIpc) is 2.77. The first-order valence-corrected chi connectivity index (χ1v) is 6.66. The van der Waals surface area contributed by atoms with Crippen molar-refractivity contribution in [1.82, 2.24) is 9.80 Å². The summed E-state index contributed by atoms with van der Waals surface area (Å²) in [4.78, 5) is 4.95. The zero-order valence-corrected chi connectivity index (χ0v) is 10.6. The first kappa shape index (κ1) is 11.9. The van der Waals surface area contributed by atoms with E-state index in [-0.39, 0.29) is 5.54 Å². The van der Waals surface area contributed by atoms with E-state index >= 15 is 0 Å². The number of rotatable bonds is 3. The van der Waals surface area contributed by atoms with Gasteiger partial charge in [0.2, 0.25) is 0 Å². The maximum Gasteiger partial charge on any atom is 0.111 e. The van der Waals surface area contributed by atoms with Crippen molar-refractivity contribution in [1.29, 1.82) is 5.26 Å². The van der Waals surface area contributed by atoms with E-state index in [0.717, 1.165) is 32.5 Å². The van der Waals surface area contributed by atoms with Crippen LogP contribution in [0.3, 0.4) is 0 Å². The van der Waals surface area contributed by atoms with Crippen molar-refractivity contribution in [3.63, 3.8) is 0 Å². The summed E-state index contributed by atoms with van der Waals surface area (Å²) in [6.45, 7) is 8.71. The quantitative estimate of drug-likeness (QED) is 0.728. The minimum atomic E-state index is -0.172. The minimum Gasteiger partial charge on any atom is -0.300 e. The van der Waals surface area contributed by atoms with Gasteiger partial charge in [-0.3, -0.25) is 4.90 Å². The molecule has 2 fully saturated rings. The van der Waals surface area contributed by atoms with Crippen molar-refractivity contribution in [2.24, 2.45) is 0 Å². The van der Waals surface area contributed by atoms with Crippen LogP contribution >= 0.6 is 0 Å². The van der Waals surface area contributed by atoms with E-state index in [9.17, 15) is 5.26 Å². The fourth-order valence-electron chi connectivity index (χ4n) is 3.53. The maximum absolute atomic E-state index is 9.58. The second-order valence-corrected chi connectivity index (χ2v) is 5.10. The van der Waals surface area contributed by atoms with Gasteiger partial charge in [0.15, 0.2) is 0 Å². The first-order chi connectivity index (χ1) is 7.75. The second kappa shape index (κ2) is 4.73.